The molecule has 0 unspecified atom stereocenters. The van der Waals surface area contributed by atoms with Crippen LogP contribution in [0.5, 0.6) is 0 Å². The van der Waals surface area contributed by atoms with Crippen molar-refractivity contribution in [2.75, 3.05) is 44.3 Å². The van der Waals surface area contributed by atoms with E-state index in [0.717, 1.165) is 53.8 Å². The summed E-state index contributed by atoms with van der Waals surface area (Å²) >= 11 is 1.58. The lowest BCUT2D eigenvalue weighted by atomic mass is 10.1. The predicted octanol–water partition coefficient (Wildman–Crippen LogP) is 1.87. The van der Waals surface area contributed by atoms with Crippen LogP contribution >= 0.6 is 11.3 Å². The van der Waals surface area contributed by atoms with Gasteiger partial charge in [-0.05, 0) is 25.0 Å². The molecule has 3 heterocycles. The number of benzene rings is 1. The van der Waals surface area contributed by atoms with Gasteiger partial charge in [0.2, 0.25) is 0 Å². The molecule has 0 aliphatic carbocycles. The van der Waals surface area contributed by atoms with Gasteiger partial charge in [0.15, 0.2) is 5.13 Å². The highest BCUT2D eigenvalue weighted by molar-refractivity contribution is 7.22. The monoisotopic (exact) mass is 400 g/mol. The molecule has 9 heteroatoms. The van der Waals surface area contributed by atoms with Gasteiger partial charge < -0.3 is 4.74 Å². The van der Waals surface area contributed by atoms with Crippen molar-refractivity contribution in [3.8, 4) is 0 Å². The lowest BCUT2D eigenvalue weighted by Gasteiger charge is -2.29. The number of aryl methyl sites for hydroxylation is 2. The molecular formula is C19H24N6O2S. The van der Waals surface area contributed by atoms with Crippen LogP contribution in [-0.4, -0.2) is 69.9 Å². The van der Waals surface area contributed by atoms with Gasteiger partial charge in [-0.2, -0.15) is 5.10 Å². The van der Waals surface area contributed by atoms with Gasteiger partial charge in [0.1, 0.15) is 19.2 Å². The van der Waals surface area contributed by atoms with Crippen LogP contribution in [0.15, 0.2) is 24.8 Å². The van der Waals surface area contributed by atoms with Gasteiger partial charge in [-0.25, -0.2) is 14.6 Å². The fourth-order valence-electron chi connectivity index (χ4n) is 3.29. The van der Waals surface area contributed by atoms with Crippen molar-refractivity contribution in [3.05, 3.63) is 35.9 Å². The molecule has 0 radical (unpaired) electrons. The highest BCUT2D eigenvalue weighted by atomic mass is 32.1. The smallest absolute Gasteiger partial charge is 0.250 e. The summed E-state index contributed by atoms with van der Waals surface area (Å²) in [4.78, 5) is 26.0. The Balaban J connectivity index is 1.60. The number of carbonyl (C=O) groups is 1. The molecule has 0 atom stereocenters. The van der Waals surface area contributed by atoms with E-state index in [2.05, 4.69) is 41.0 Å². The van der Waals surface area contributed by atoms with Crippen LogP contribution in [0.1, 0.15) is 11.1 Å². The fourth-order valence-corrected chi connectivity index (χ4v) is 4.45. The molecule has 3 aromatic rings. The van der Waals surface area contributed by atoms with Crippen LogP contribution in [0.2, 0.25) is 0 Å². The third kappa shape index (κ3) is 4.06. The Hall–Kier alpha value is -2.36. The SMILES string of the molecule is Cc1ccc(C)c2sc(N(CCN3CCOCC3)C(=O)Cn3cncn3)nc12. The summed E-state index contributed by atoms with van der Waals surface area (Å²) in [5.74, 6) is -0.0341. The third-order valence-electron chi connectivity index (χ3n) is 4.97. The van der Waals surface area contributed by atoms with Crippen LogP contribution in [0.4, 0.5) is 5.13 Å². The van der Waals surface area contributed by atoms with Crippen molar-refractivity contribution in [1.29, 1.82) is 0 Å². The van der Waals surface area contributed by atoms with Crippen molar-refractivity contribution in [2.45, 2.75) is 20.4 Å². The van der Waals surface area contributed by atoms with Crippen LogP contribution in [0, 0.1) is 13.8 Å². The Bertz CT molecular complexity index is 910. The van der Waals surface area contributed by atoms with E-state index in [1.165, 1.54) is 11.9 Å². The van der Waals surface area contributed by atoms with E-state index in [1.807, 2.05) is 0 Å². The number of ether oxygens (including phenoxy) is 1. The Morgan fingerprint density at radius 2 is 2.04 bits per heavy atom. The fraction of sp³-hybridized carbons (Fsp3) is 0.474. The summed E-state index contributed by atoms with van der Waals surface area (Å²) in [6.07, 6.45) is 3.00. The van der Waals surface area contributed by atoms with E-state index in [1.54, 1.807) is 27.2 Å². The first-order chi connectivity index (χ1) is 13.6. The molecule has 0 spiro atoms. The van der Waals surface area contributed by atoms with Gasteiger partial charge in [-0.3, -0.25) is 14.6 Å². The minimum absolute atomic E-state index is 0.0341. The van der Waals surface area contributed by atoms with Crippen molar-refractivity contribution in [3.63, 3.8) is 0 Å². The van der Waals surface area contributed by atoms with Crippen molar-refractivity contribution >= 4 is 32.6 Å². The summed E-state index contributed by atoms with van der Waals surface area (Å²) in [7, 11) is 0. The number of thiazole rings is 1. The van der Waals surface area contributed by atoms with Gasteiger partial charge in [0.25, 0.3) is 5.91 Å². The van der Waals surface area contributed by atoms with Crippen LogP contribution in [-0.2, 0) is 16.1 Å². The van der Waals surface area contributed by atoms with Crippen LogP contribution in [0.3, 0.4) is 0 Å². The number of morpholine rings is 1. The maximum atomic E-state index is 13.1. The molecule has 1 saturated heterocycles. The number of aromatic nitrogens is 4. The maximum absolute atomic E-state index is 13.1. The minimum atomic E-state index is -0.0341. The number of hydrogen-bond acceptors (Lipinski definition) is 7. The van der Waals surface area contributed by atoms with E-state index in [-0.39, 0.29) is 12.5 Å². The molecule has 148 valence electrons. The second-order valence-corrected chi connectivity index (χ2v) is 7.94. The van der Waals surface area contributed by atoms with Gasteiger partial charge in [-0.1, -0.05) is 23.5 Å². The van der Waals surface area contributed by atoms with Crippen LogP contribution in [0.25, 0.3) is 10.2 Å². The summed E-state index contributed by atoms with van der Waals surface area (Å²) in [6.45, 7) is 8.94. The van der Waals surface area contributed by atoms with Gasteiger partial charge in [0, 0.05) is 26.2 Å². The number of anilines is 1. The zero-order chi connectivity index (χ0) is 19.5. The van der Waals surface area contributed by atoms with Gasteiger partial charge in [0.05, 0.1) is 23.4 Å². The molecule has 1 aliphatic rings. The highest BCUT2D eigenvalue weighted by Gasteiger charge is 2.23. The predicted molar refractivity (Wildman–Crippen MR) is 109 cm³/mol. The molecule has 2 aromatic heterocycles. The quantitative estimate of drug-likeness (QED) is 0.629. The number of carbonyl (C=O) groups excluding carboxylic acids is 1. The zero-order valence-electron chi connectivity index (χ0n) is 16.2. The molecule has 28 heavy (non-hydrogen) atoms. The molecule has 0 saturated carbocycles. The Morgan fingerprint density at radius 1 is 1.25 bits per heavy atom. The first kappa shape index (κ1) is 19.0. The molecule has 0 bridgehead atoms. The molecule has 1 fully saturated rings. The van der Waals surface area contributed by atoms with E-state index < -0.39 is 0 Å². The largest absolute Gasteiger partial charge is 0.379 e. The number of fused-ring (bicyclic) bond motifs is 1. The van der Waals surface area contributed by atoms with E-state index in [4.69, 9.17) is 9.72 Å². The summed E-state index contributed by atoms with van der Waals surface area (Å²) < 4.78 is 8.11. The van der Waals surface area contributed by atoms with Gasteiger partial charge >= 0.3 is 0 Å². The molecular weight excluding hydrogens is 376 g/mol. The van der Waals surface area contributed by atoms with Crippen molar-refractivity contribution in [2.24, 2.45) is 0 Å². The second-order valence-electron chi connectivity index (χ2n) is 6.97. The van der Waals surface area contributed by atoms with Gasteiger partial charge in [-0.15, -0.1) is 0 Å². The Labute approximate surface area is 167 Å². The standard InChI is InChI=1S/C19H24N6O2S/c1-14-3-4-15(2)18-17(14)22-19(28-18)25(6-5-23-7-9-27-10-8-23)16(26)11-24-13-20-12-21-24/h3-4,12-13H,5-11H2,1-2H3. The highest BCUT2D eigenvalue weighted by Crippen LogP contribution is 2.33. The first-order valence-electron chi connectivity index (χ1n) is 9.41. The molecule has 1 aromatic carbocycles. The average Bonchev–Trinajstić information content (AvgIpc) is 3.36. The van der Waals surface area contributed by atoms with E-state index in [0.29, 0.717) is 6.54 Å². The minimum Gasteiger partial charge on any atom is -0.379 e. The van der Waals surface area contributed by atoms with Crippen molar-refractivity contribution < 1.29 is 9.53 Å². The molecule has 8 nitrogen and oxygen atoms in total. The first-order valence-corrected chi connectivity index (χ1v) is 10.2. The lowest BCUT2D eigenvalue weighted by molar-refractivity contribution is -0.119. The number of amides is 1. The topological polar surface area (TPSA) is 76.4 Å². The lowest BCUT2D eigenvalue weighted by Crippen LogP contribution is -2.44. The normalized spacial score (nSPS) is 15.2. The Morgan fingerprint density at radius 3 is 2.75 bits per heavy atom. The average molecular weight is 401 g/mol. The van der Waals surface area contributed by atoms with E-state index >= 15 is 0 Å². The molecule has 1 amide bonds. The number of nitrogens with zero attached hydrogens (tertiary/aromatic N) is 6. The third-order valence-corrected chi connectivity index (χ3v) is 6.18. The Kier molecular flexibility index (Phi) is 5.65. The molecule has 0 N–H and O–H groups in total. The maximum Gasteiger partial charge on any atom is 0.250 e. The number of hydrogen-bond donors (Lipinski definition) is 0. The second kappa shape index (κ2) is 8.34. The van der Waals surface area contributed by atoms with Crippen LogP contribution < -0.4 is 4.90 Å². The van der Waals surface area contributed by atoms with Crippen molar-refractivity contribution in [1.82, 2.24) is 24.6 Å². The van der Waals surface area contributed by atoms with E-state index in [9.17, 15) is 4.79 Å². The summed E-state index contributed by atoms with van der Waals surface area (Å²) in [6, 6.07) is 4.19. The molecule has 1 aliphatic heterocycles. The summed E-state index contributed by atoms with van der Waals surface area (Å²) in [5, 5.41) is 4.81. The molecule has 4 rings (SSSR count). The number of rotatable bonds is 6. The zero-order valence-corrected chi connectivity index (χ0v) is 17.0. The summed E-state index contributed by atoms with van der Waals surface area (Å²) in [5.41, 5.74) is 3.28.